The molecule has 2 N–H and O–H groups in total. The number of carbonyl (C=O) groups is 1. The van der Waals surface area contributed by atoms with Crippen LogP contribution in [0.1, 0.15) is 37.3 Å². The molecule has 0 radical (unpaired) electrons. The van der Waals surface area contributed by atoms with Gasteiger partial charge in [0.05, 0.1) is 13.0 Å². The standard InChI is InChI=1S/C18H25F3N4O.HI/c1-2-22-17(23-10-9-18(19,20)21)24-12-14-5-7-15(8-6-14)13-25-11-3-4-16(25)26;/h5-8H,2-4,9-13H2,1H3,(H2,22,23,24);1H. The second kappa shape index (κ2) is 11.4. The van der Waals surface area contributed by atoms with Crippen molar-refractivity contribution in [2.75, 3.05) is 19.6 Å². The van der Waals surface area contributed by atoms with Gasteiger partial charge in [0.1, 0.15) is 0 Å². The molecule has 1 aliphatic heterocycles. The summed E-state index contributed by atoms with van der Waals surface area (Å²) in [6, 6.07) is 7.78. The second-order valence-electron chi connectivity index (χ2n) is 6.22. The van der Waals surface area contributed by atoms with E-state index >= 15 is 0 Å². The lowest BCUT2D eigenvalue weighted by atomic mass is 10.1. The Hall–Kier alpha value is -1.52. The van der Waals surface area contributed by atoms with Gasteiger partial charge in [-0.25, -0.2) is 4.99 Å². The zero-order chi connectivity index (χ0) is 19.0. The molecule has 27 heavy (non-hydrogen) atoms. The number of benzene rings is 1. The molecule has 1 aliphatic rings. The molecule has 0 bridgehead atoms. The number of likely N-dealkylation sites (tertiary alicyclic amines) is 1. The molecular weight excluding hydrogens is 472 g/mol. The topological polar surface area (TPSA) is 56.7 Å². The molecule has 1 saturated heterocycles. The van der Waals surface area contributed by atoms with Crippen molar-refractivity contribution >= 4 is 35.8 Å². The Bertz CT molecular complexity index is 620. The summed E-state index contributed by atoms with van der Waals surface area (Å²) in [5.41, 5.74) is 2.01. The Morgan fingerprint density at radius 3 is 2.41 bits per heavy atom. The van der Waals surface area contributed by atoms with Gasteiger partial charge in [-0.1, -0.05) is 24.3 Å². The summed E-state index contributed by atoms with van der Waals surface area (Å²) in [6.45, 7) is 4.00. The number of halogens is 4. The smallest absolute Gasteiger partial charge is 0.357 e. The quantitative estimate of drug-likeness (QED) is 0.344. The van der Waals surface area contributed by atoms with E-state index < -0.39 is 12.6 Å². The van der Waals surface area contributed by atoms with E-state index in [1.54, 1.807) is 0 Å². The number of guanidine groups is 1. The molecule has 0 aliphatic carbocycles. The van der Waals surface area contributed by atoms with E-state index in [4.69, 9.17) is 0 Å². The van der Waals surface area contributed by atoms with E-state index in [9.17, 15) is 18.0 Å². The van der Waals surface area contributed by atoms with Crippen LogP contribution >= 0.6 is 24.0 Å². The summed E-state index contributed by atoms with van der Waals surface area (Å²) in [7, 11) is 0. The number of hydrogen-bond donors (Lipinski definition) is 2. The highest BCUT2D eigenvalue weighted by Gasteiger charge is 2.26. The van der Waals surface area contributed by atoms with Crippen molar-refractivity contribution < 1.29 is 18.0 Å². The first-order valence-corrected chi connectivity index (χ1v) is 8.82. The maximum atomic E-state index is 12.2. The largest absolute Gasteiger partial charge is 0.390 e. The molecule has 0 aromatic heterocycles. The Morgan fingerprint density at radius 1 is 1.19 bits per heavy atom. The molecule has 1 fully saturated rings. The molecule has 9 heteroatoms. The van der Waals surface area contributed by atoms with Gasteiger partial charge in [0.15, 0.2) is 5.96 Å². The highest BCUT2D eigenvalue weighted by Crippen LogP contribution is 2.18. The normalized spacial score (nSPS) is 14.9. The van der Waals surface area contributed by atoms with Crippen LogP contribution in [0.2, 0.25) is 0 Å². The molecule has 1 aromatic carbocycles. The first kappa shape index (κ1) is 23.5. The number of aliphatic imine (C=N–C) groups is 1. The number of hydrogen-bond acceptors (Lipinski definition) is 2. The van der Waals surface area contributed by atoms with Gasteiger partial charge in [-0.15, -0.1) is 24.0 Å². The minimum atomic E-state index is -4.18. The summed E-state index contributed by atoms with van der Waals surface area (Å²) in [5, 5.41) is 5.62. The molecule has 5 nitrogen and oxygen atoms in total. The molecule has 0 spiro atoms. The van der Waals surface area contributed by atoms with Gasteiger partial charge in [0.25, 0.3) is 0 Å². The van der Waals surface area contributed by atoms with Crippen LogP contribution in [0.25, 0.3) is 0 Å². The Morgan fingerprint density at radius 2 is 1.85 bits per heavy atom. The van der Waals surface area contributed by atoms with Crippen LogP contribution in [0.3, 0.4) is 0 Å². The predicted molar refractivity (Wildman–Crippen MR) is 110 cm³/mol. The first-order chi connectivity index (χ1) is 12.4. The second-order valence-corrected chi connectivity index (χ2v) is 6.22. The van der Waals surface area contributed by atoms with Crippen molar-refractivity contribution in [2.24, 2.45) is 4.99 Å². The molecule has 1 aromatic rings. The number of nitrogens with one attached hydrogen (secondary N) is 2. The van der Waals surface area contributed by atoms with Gasteiger partial charge in [0, 0.05) is 32.6 Å². The Labute approximate surface area is 174 Å². The zero-order valence-corrected chi connectivity index (χ0v) is 17.6. The van der Waals surface area contributed by atoms with E-state index in [-0.39, 0.29) is 36.4 Å². The molecule has 152 valence electrons. The van der Waals surface area contributed by atoms with Crippen LogP contribution < -0.4 is 10.6 Å². The monoisotopic (exact) mass is 498 g/mol. The fourth-order valence-electron chi connectivity index (χ4n) is 2.68. The van der Waals surface area contributed by atoms with Crippen LogP contribution in [0.15, 0.2) is 29.3 Å². The van der Waals surface area contributed by atoms with Gasteiger partial charge >= 0.3 is 6.18 Å². The minimum absolute atomic E-state index is 0. The Kier molecular flexibility index (Phi) is 9.89. The molecule has 0 atom stereocenters. The summed E-state index contributed by atoms with van der Waals surface area (Å²) < 4.78 is 36.7. The number of amides is 1. The van der Waals surface area contributed by atoms with E-state index in [0.717, 1.165) is 24.1 Å². The lowest BCUT2D eigenvalue weighted by Crippen LogP contribution is -2.38. The van der Waals surface area contributed by atoms with Crippen molar-refractivity contribution in [3.63, 3.8) is 0 Å². The van der Waals surface area contributed by atoms with Crippen LogP contribution in [-0.2, 0) is 17.9 Å². The average Bonchev–Trinajstić information content (AvgIpc) is 2.98. The summed E-state index contributed by atoms with van der Waals surface area (Å²) in [5.74, 6) is 0.558. The molecule has 0 saturated carbocycles. The van der Waals surface area contributed by atoms with E-state index in [1.165, 1.54) is 0 Å². The molecule has 0 unspecified atom stereocenters. The summed E-state index contributed by atoms with van der Waals surface area (Å²) in [6.07, 6.45) is -3.54. The van der Waals surface area contributed by atoms with Crippen LogP contribution in [0.4, 0.5) is 13.2 Å². The number of rotatable bonds is 7. The van der Waals surface area contributed by atoms with Crippen LogP contribution in [0.5, 0.6) is 0 Å². The SMILES string of the molecule is CCNC(=NCc1ccc(CN2CCCC2=O)cc1)NCCC(F)(F)F.I. The first-order valence-electron chi connectivity index (χ1n) is 8.82. The van der Waals surface area contributed by atoms with Crippen molar-refractivity contribution in [3.05, 3.63) is 35.4 Å². The van der Waals surface area contributed by atoms with E-state index in [0.29, 0.717) is 32.0 Å². The van der Waals surface area contributed by atoms with Crippen LogP contribution in [0, 0.1) is 0 Å². The third kappa shape index (κ3) is 8.81. The third-order valence-electron chi connectivity index (χ3n) is 4.03. The summed E-state index contributed by atoms with van der Waals surface area (Å²) >= 11 is 0. The molecule has 1 amide bonds. The fraction of sp³-hybridized carbons (Fsp3) is 0.556. The molecular formula is C18H26F3IN4O. The van der Waals surface area contributed by atoms with Crippen molar-refractivity contribution in [3.8, 4) is 0 Å². The van der Waals surface area contributed by atoms with E-state index in [2.05, 4.69) is 15.6 Å². The molecule has 2 rings (SSSR count). The lowest BCUT2D eigenvalue weighted by Gasteiger charge is -2.15. The fourth-order valence-corrected chi connectivity index (χ4v) is 2.68. The number of alkyl halides is 3. The average molecular weight is 498 g/mol. The van der Waals surface area contributed by atoms with Gasteiger partial charge in [-0.2, -0.15) is 13.2 Å². The minimum Gasteiger partial charge on any atom is -0.357 e. The summed E-state index contributed by atoms with van der Waals surface area (Å²) in [4.78, 5) is 17.8. The molecule has 1 heterocycles. The number of nitrogens with zero attached hydrogens (tertiary/aromatic N) is 2. The highest BCUT2D eigenvalue weighted by atomic mass is 127. The Balaban J connectivity index is 0.00000364. The zero-order valence-electron chi connectivity index (χ0n) is 15.3. The maximum absolute atomic E-state index is 12.2. The lowest BCUT2D eigenvalue weighted by molar-refractivity contribution is -0.133. The predicted octanol–water partition coefficient (Wildman–Crippen LogP) is 3.43. The third-order valence-corrected chi connectivity index (χ3v) is 4.03. The van der Waals surface area contributed by atoms with Crippen molar-refractivity contribution in [1.82, 2.24) is 15.5 Å². The van der Waals surface area contributed by atoms with Gasteiger partial charge in [-0.05, 0) is 24.5 Å². The number of carbonyl (C=O) groups excluding carboxylic acids is 1. The van der Waals surface area contributed by atoms with Crippen LogP contribution in [-0.4, -0.2) is 42.6 Å². The maximum Gasteiger partial charge on any atom is 0.390 e. The van der Waals surface area contributed by atoms with Crippen molar-refractivity contribution in [2.45, 2.75) is 45.5 Å². The highest BCUT2D eigenvalue weighted by molar-refractivity contribution is 14.0. The van der Waals surface area contributed by atoms with Gasteiger partial charge in [0.2, 0.25) is 5.91 Å². The van der Waals surface area contributed by atoms with Gasteiger partial charge < -0.3 is 15.5 Å². The van der Waals surface area contributed by atoms with Crippen molar-refractivity contribution in [1.29, 1.82) is 0 Å². The van der Waals surface area contributed by atoms with Gasteiger partial charge in [-0.3, -0.25) is 4.79 Å². The van der Waals surface area contributed by atoms with E-state index in [1.807, 2.05) is 36.1 Å².